The van der Waals surface area contributed by atoms with Crippen LogP contribution in [0.25, 0.3) is 0 Å². The van der Waals surface area contributed by atoms with Crippen molar-refractivity contribution in [3.05, 3.63) is 0 Å². The molecule has 3 heteroatoms. The Hall–Kier alpha value is -0.120. The molecule has 3 fully saturated rings. The second-order valence-corrected chi connectivity index (χ2v) is 6.73. The summed E-state index contributed by atoms with van der Waals surface area (Å²) in [4.78, 5) is 2.55. The van der Waals surface area contributed by atoms with Crippen molar-refractivity contribution >= 4 is 0 Å². The van der Waals surface area contributed by atoms with Crippen LogP contribution < -0.4 is 5.32 Å². The average Bonchev–Trinajstić information content (AvgIpc) is 2.37. The number of nitrogens with one attached hydrogen (secondary N) is 1. The van der Waals surface area contributed by atoms with E-state index < -0.39 is 0 Å². The van der Waals surface area contributed by atoms with Crippen molar-refractivity contribution in [2.75, 3.05) is 39.9 Å². The van der Waals surface area contributed by atoms with Gasteiger partial charge in [0.15, 0.2) is 0 Å². The van der Waals surface area contributed by atoms with Crippen LogP contribution >= 0.6 is 0 Å². The van der Waals surface area contributed by atoms with Crippen molar-refractivity contribution in [3.63, 3.8) is 0 Å². The predicted molar refractivity (Wildman–Crippen MR) is 73.7 cm³/mol. The fourth-order valence-electron chi connectivity index (χ4n) is 4.16. The Morgan fingerprint density at radius 2 is 2.00 bits per heavy atom. The van der Waals surface area contributed by atoms with E-state index in [2.05, 4.69) is 17.3 Å². The molecule has 1 unspecified atom stereocenters. The van der Waals surface area contributed by atoms with Crippen molar-refractivity contribution < 1.29 is 4.74 Å². The first-order valence-electron chi connectivity index (χ1n) is 7.79. The third kappa shape index (κ3) is 2.45. The summed E-state index contributed by atoms with van der Waals surface area (Å²) in [5.41, 5.74) is 0.526. The molecule has 1 aliphatic carbocycles. The lowest BCUT2D eigenvalue weighted by molar-refractivity contribution is -0.165. The Bertz CT molecular complexity index is 272. The molecule has 0 aromatic rings. The standard InChI is InChI=1S/C15H28N2O/c1-17-8-7-16-10-14(17)9-15(11-18-12-15)13-5-3-2-4-6-13/h13-14,16H,2-12H2,1H3. The van der Waals surface area contributed by atoms with Crippen LogP contribution in [0.5, 0.6) is 0 Å². The lowest BCUT2D eigenvalue weighted by atomic mass is 9.64. The van der Waals surface area contributed by atoms with Crippen LogP contribution in [0.15, 0.2) is 0 Å². The molecule has 1 atom stereocenters. The summed E-state index contributed by atoms with van der Waals surface area (Å²) in [6.07, 6.45) is 8.61. The third-order valence-electron chi connectivity index (χ3n) is 5.54. The normalized spacial score (nSPS) is 34.2. The Labute approximate surface area is 111 Å². The Balaban J connectivity index is 1.63. The average molecular weight is 252 g/mol. The van der Waals surface area contributed by atoms with E-state index in [-0.39, 0.29) is 0 Å². The smallest absolute Gasteiger partial charge is 0.0548 e. The van der Waals surface area contributed by atoms with E-state index in [0.717, 1.165) is 31.7 Å². The highest BCUT2D eigenvalue weighted by molar-refractivity contribution is 4.97. The van der Waals surface area contributed by atoms with Gasteiger partial charge in [0.05, 0.1) is 13.2 Å². The molecule has 2 aliphatic heterocycles. The summed E-state index contributed by atoms with van der Waals surface area (Å²) < 4.78 is 5.63. The largest absolute Gasteiger partial charge is 0.380 e. The van der Waals surface area contributed by atoms with Crippen LogP contribution in [0, 0.1) is 11.3 Å². The molecule has 0 aromatic heterocycles. The zero-order valence-corrected chi connectivity index (χ0v) is 11.8. The van der Waals surface area contributed by atoms with Crippen LogP contribution in [0.1, 0.15) is 38.5 Å². The van der Waals surface area contributed by atoms with Gasteiger partial charge in [-0.05, 0) is 32.2 Å². The van der Waals surface area contributed by atoms with E-state index in [0.29, 0.717) is 5.41 Å². The van der Waals surface area contributed by atoms with Crippen molar-refractivity contribution in [2.45, 2.75) is 44.6 Å². The van der Waals surface area contributed by atoms with Gasteiger partial charge in [0.1, 0.15) is 0 Å². The number of hydrogen-bond acceptors (Lipinski definition) is 3. The molecule has 0 spiro atoms. The number of hydrogen-bond donors (Lipinski definition) is 1. The molecule has 0 amide bonds. The summed E-state index contributed by atoms with van der Waals surface area (Å²) in [5, 5.41) is 3.56. The minimum atomic E-state index is 0.526. The van der Waals surface area contributed by atoms with Crippen LogP contribution in [-0.2, 0) is 4.74 Å². The zero-order chi connectivity index (χ0) is 12.4. The van der Waals surface area contributed by atoms with Gasteiger partial charge in [0, 0.05) is 31.1 Å². The molecular weight excluding hydrogens is 224 g/mol. The fourth-order valence-corrected chi connectivity index (χ4v) is 4.16. The zero-order valence-electron chi connectivity index (χ0n) is 11.8. The summed E-state index contributed by atoms with van der Waals surface area (Å²) >= 11 is 0. The van der Waals surface area contributed by atoms with E-state index in [4.69, 9.17) is 4.74 Å². The van der Waals surface area contributed by atoms with Crippen molar-refractivity contribution in [3.8, 4) is 0 Å². The van der Waals surface area contributed by atoms with Crippen LogP contribution in [0.3, 0.4) is 0 Å². The molecule has 1 N–H and O–H groups in total. The molecule has 18 heavy (non-hydrogen) atoms. The first-order chi connectivity index (χ1) is 8.80. The lowest BCUT2D eigenvalue weighted by Gasteiger charge is -2.52. The highest BCUT2D eigenvalue weighted by atomic mass is 16.5. The number of rotatable bonds is 3. The molecule has 2 saturated heterocycles. The fraction of sp³-hybridized carbons (Fsp3) is 1.00. The van der Waals surface area contributed by atoms with E-state index in [1.807, 2.05) is 0 Å². The van der Waals surface area contributed by atoms with Crippen LogP contribution in [0.4, 0.5) is 0 Å². The van der Waals surface area contributed by atoms with Crippen molar-refractivity contribution in [1.29, 1.82) is 0 Å². The molecule has 104 valence electrons. The molecule has 3 aliphatic rings. The molecule has 3 rings (SSSR count). The van der Waals surface area contributed by atoms with Gasteiger partial charge in [-0.25, -0.2) is 0 Å². The van der Waals surface area contributed by atoms with Gasteiger partial charge in [-0.15, -0.1) is 0 Å². The van der Waals surface area contributed by atoms with Gasteiger partial charge in [-0.2, -0.15) is 0 Å². The van der Waals surface area contributed by atoms with E-state index in [1.54, 1.807) is 0 Å². The van der Waals surface area contributed by atoms with E-state index in [1.165, 1.54) is 51.6 Å². The maximum absolute atomic E-state index is 5.63. The van der Waals surface area contributed by atoms with Crippen molar-refractivity contribution in [1.82, 2.24) is 10.2 Å². The van der Waals surface area contributed by atoms with Gasteiger partial charge in [0.2, 0.25) is 0 Å². The van der Waals surface area contributed by atoms with E-state index >= 15 is 0 Å². The first kappa shape index (κ1) is 12.9. The monoisotopic (exact) mass is 252 g/mol. The maximum atomic E-state index is 5.63. The highest BCUT2D eigenvalue weighted by Gasteiger charge is 2.47. The van der Waals surface area contributed by atoms with Crippen molar-refractivity contribution in [2.24, 2.45) is 11.3 Å². The summed E-state index contributed by atoms with van der Waals surface area (Å²) in [6.45, 7) is 5.58. The van der Waals surface area contributed by atoms with Crippen LogP contribution in [-0.4, -0.2) is 50.8 Å². The number of nitrogens with zero attached hydrogens (tertiary/aromatic N) is 1. The molecule has 0 aromatic carbocycles. The summed E-state index contributed by atoms with van der Waals surface area (Å²) in [7, 11) is 2.29. The predicted octanol–water partition coefficient (Wildman–Crippen LogP) is 1.88. The van der Waals surface area contributed by atoms with Gasteiger partial charge in [-0.3, -0.25) is 0 Å². The number of ether oxygens (including phenoxy) is 1. The molecule has 1 saturated carbocycles. The molecular formula is C15H28N2O. The number of piperazine rings is 1. The molecule has 0 bridgehead atoms. The molecule has 3 nitrogen and oxygen atoms in total. The van der Waals surface area contributed by atoms with Crippen LogP contribution in [0.2, 0.25) is 0 Å². The quantitative estimate of drug-likeness (QED) is 0.830. The Kier molecular flexibility index (Phi) is 3.92. The van der Waals surface area contributed by atoms with Gasteiger partial charge in [-0.1, -0.05) is 19.3 Å². The lowest BCUT2D eigenvalue weighted by Crippen LogP contribution is -2.57. The maximum Gasteiger partial charge on any atom is 0.0548 e. The van der Waals surface area contributed by atoms with Gasteiger partial charge < -0.3 is 15.0 Å². The number of likely N-dealkylation sites (N-methyl/N-ethyl adjacent to an activating group) is 1. The Morgan fingerprint density at radius 3 is 2.61 bits per heavy atom. The van der Waals surface area contributed by atoms with E-state index in [9.17, 15) is 0 Å². The van der Waals surface area contributed by atoms with Gasteiger partial charge in [0.25, 0.3) is 0 Å². The minimum absolute atomic E-state index is 0.526. The summed E-state index contributed by atoms with van der Waals surface area (Å²) in [5.74, 6) is 0.940. The highest BCUT2D eigenvalue weighted by Crippen LogP contribution is 2.47. The molecule has 2 heterocycles. The summed E-state index contributed by atoms with van der Waals surface area (Å²) in [6, 6.07) is 0.726. The SMILES string of the molecule is CN1CCNCC1CC1(C2CCCCC2)COC1. The first-order valence-corrected chi connectivity index (χ1v) is 7.79. The molecule has 0 radical (unpaired) electrons. The second-order valence-electron chi connectivity index (χ2n) is 6.73. The minimum Gasteiger partial charge on any atom is -0.380 e. The van der Waals surface area contributed by atoms with Gasteiger partial charge >= 0.3 is 0 Å². The topological polar surface area (TPSA) is 24.5 Å². The Morgan fingerprint density at radius 1 is 1.22 bits per heavy atom. The second kappa shape index (κ2) is 5.48. The third-order valence-corrected chi connectivity index (χ3v) is 5.54.